The minimum Gasteiger partial charge on any atom is -0.469 e. The molecule has 2 aromatic carbocycles. The molecule has 0 bridgehead atoms. The van der Waals surface area contributed by atoms with Gasteiger partial charge in [0.05, 0.1) is 30.3 Å². The lowest BCUT2D eigenvalue weighted by Crippen LogP contribution is -2.10. The number of pyridine rings is 1. The smallest absolute Gasteiger partial charge is 0.307 e. The molecule has 114 valence electrons. The molecule has 0 aliphatic carbocycles. The highest BCUT2D eigenvalue weighted by atomic mass is 35.5. The van der Waals surface area contributed by atoms with Crippen LogP contribution in [0.4, 0.5) is 5.69 Å². The highest BCUT2D eigenvalue weighted by molar-refractivity contribution is 6.07. The number of hydrogen-bond acceptors (Lipinski definition) is 4. The molecule has 0 atom stereocenters. The van der Waals surface area contributed by atoms with E-state index in [0.29, 0.717) is 13.0 Å². The van der Waals surface area contributed by atoms with Crippen molar-refractivity contribution >= 4 is 45.9 Å². The molecule has 5 heteroatoms. The number of fused-ring (bicyclic) bond motifs is 2. The van der Waals surface area contributed by atoms with Crippen molar-refractivity contribution in [2.75, 3.05) is 19.0 Å². The number of nitrogens with one attached hydrogen (secondary N) is 1. The summed E-state index contributed by atoms with van der Waals surface area (Å²) in [6, 6.07) is 16.0. The molecule has 3 aromatic rings. The largest absolute Gasteiger partial charge is 0.469 e. The van der Waals surface area contributed by atoms with Crippen LogP contribution < -0.4 is 5.32 Å². The molecule has 3 rings (SSSR count). The second-order valence-corrected chi connectivity index (χ2v) is 4.77. The fourth-order valence-corrected chi connectivity index (χ4v) is 2.42. The van der Waals surface area contributed by atoms with Gasteiger partial charge in [-0.3, -0.25) is 4.79 Å². The SMILES string of the molecule is COC(=O)CCNc1c2ccccc2nc2ccccc12.Cl. The molecule has 0 radical (unpaired) electrons. The minimum absolute atomic E-state index is 0. The van der Waals surface area contributed by atoms with E-state index in [2.05, 4.69) is 15.0 Å². The quantitative estimate of drug-likeness (QED) is 0.588. The molecule has 1 aromatic heterocycles. The highest BCUT2D eigenvalue weighted by Gasteiger charge is 2.08. The van der Waals surface area contributed by atoms with E-state index in [1.807, 2.05) is 48.5 Å². The van der Waals surface area contributed by atoms with E-state index in [1.54, 1.807) is 0 Å². The van der Waals surface area contributed by atoms with Crippen LogP contribution in [0.5, 0.6) is 0 Å². The molecule has 1 N–H and O–H groups in total. The van der Waals surface area contributed by atoms with Crippen molar-refractivity contribution in [3.8, 4) is 0 Å². The predicted molar refractivity (Wildman–Crippen MR) is 91.6 cm³/mol. The normalized spacial score (nSPS) is 10.2. The van der Waals surface area contributed by atoms with Crippen LogP contribution in [0.3, 0.4) is 0 Å². The summed E-state index contributed by atoms with van der Waals surface area (Å²) < 4.78 is 4.67. The Morgan fingerprint density at radius 3 is 2.14 bits per heavy atom. The van der Waals surface area contributed by atoms with E-state index in [0.717, 1.165) is 27.5 Å². The van der Waals surface area contributed by atoms with Gasteiger partial charge in [0, 0.05) is 17.3 Å². The lowest BCUT2D eigenvalue weighted by molar-refractivity contribution is -0.140. The topological polar surface area (TPSA) is 51.2 Å². The third-order valence-electron chi connectivity index (χ3n) is 3.45. The summed E-state index contributed by atoms with van der Waals surface area (Å²) in [5, 5.41) is 5.47. The van der Waals surface area contributed by atoms with Gasteiger partial charge in [-0.05, 0) is 12.1 Å². The Kier molecular flexibility index (Phi) is 5.17. The lowest BCUT2D eigenvalue weighted by atomic mass is 10.1. The fourth-order valence-electron chi connectivity index (χ4n) is 2.42. The van der Waals surface area contributed by atoms with E-state index >= 15 is 0 Å². The first-order valence-electron chi connectivity index (χ1n) is 6.88. The summed E-state index contributed by atoms with van der Waals surface area (Å²) in [5.74, 6) is -0.217. The minimum atomic E-state index is -0.217. The molecule has 1 heterocycles. The Labute approximate surface area is 134 Å². The number of anilines is 1. The maximum absolute atomic E-state index is 11.3. The summed E-state index contributed by atoms with van der Waals surface area (Å²) >= 11 is 0. The maximum atomic E-state index is 11.3. The van der Waals surface area contributed by atoms with Gasteiger partial charge in [0.2, 0.25) is 0 Å². The number of nitrogens with zero attached hydrogens (tertiary/aromatic N) is 1. The molecule has 0 unspecified atom stereocenters. The van der Waals surface area contributed by atoms with Crippen molar-refractivity contribution in [1.82, 2.24) is 4.98 Å². The first-order valence-corrected chi connectivity index (χ1v) is 6.88. The van der Waals surface area contributed by atoms with E-state index < -0.39 is 0 Å². The number of esters is 1. The number of aromatic nitrogens is 1. The number of rotatable bonds is 4. The number of ether oxygens (including phenoxy) is 1. The van der Waals surface area contributed by atoms with Gasteiger partial charge < -0.3 is 10.1 Å². The molecule has 0 amide bonds. The van der Waals surface area contributed by atoms with Gasteiger partial charge in [0.15, 0.2) is 0 Å². The van der Waals surface area contributed by atoms with E-state index in [1.165, 1.54) is 7.11 Å². The van der Waals surface area contributed by atoms with Crippen LogP contribution >= 0.6 is 12.4 Å². The van der Waals surface area contributed by atoms with E-state index in [-0.39, 0.29) is 18.4 Å². The van der Waals surface area contributed by atoms with Crippen LogP contribution in [-0.4, -0.2) is 24.6 Å². The first-order chi connectivity index (χ1) is 10.3. The van der Waals surface area contributed by atoms with Gasteiger partial charge in [-0.15, -0.1) is 12.4 Å². The third-order valence-corrected chi connectivity index (χ3v) is 3.45. The summed E-state index contributed by atoms with van der Waals surface area (Å²) in [6.45, 7) is 0.532. The van der Waals surface area contributed by atoms with E-state index in [4.69, 9.17) is 0 Å². The van der Waals surface area contributed by atoms with Crippen LogP contribution in [0, 0.1) is 0 Å². The number of carbonyl (C=O) groups excluding carboxylic acids is 1. The predicted octanol–water partition coefficient (Wildman–Crippen LogP) is 3.78. The molecule has 0 saturated heterocycles. The van der Waals surface area contributed by atoms with Crippen LogP contribution in [0.2, 0.25) is 0 Å². The van der Waals surface area contributed by atoms with Gasteiger partial charge in [0.1, 0.15) is 0 Å². The molecule has 0 aliphatic heterocycles. The number of hydrogen-bond donors (Lipinski definition) is 1. The van der Waals surface area contributed by atoms with Gasteiger partial charge in [0.25, 0.3) is 0 Å². The van der Waals surface area contributed by atoms with Crippen molar-refractivity contribution in [2.45, 2.75) is 6.42 Å². The average molecular weight is 317 g/mol. The molecule has 0 aliphatic rings. The molecular weight excluding hydrogens is 300 g/mol. The zero-order chi connectivity index (χ0) is 14.7. The van der Waals surface area contributed by atoms with Crippen molar-refractivity contribution in [1.29, 1.82) is 0 Å². The summed E-state index contributed by atoms with van der Waals surface area (Å²) in [7, 11) is 1.40. The molecule has 0 spiro atoms. The van der Waals surface area contributed by atoms with Crippen molar-refractivity contribution in [3.63, 3.8) is 0 Å². The second-order valence-electron chi connectivity index (χ2n) is 4.77. The summed E-state index contributed by atoms with van der Waals surface area (Å²) in [6.07, 6.45) is 0.335. The van der Waals surface area contributed by atoms with Crippen molar-refractivity contribution < 1.29 is 9.53 Å². The van der Waals surface area contributed by atoms with Gasteiger partial charge >= 0.3 is 5.97 Å². The summed E-state index contributed by atoms with van der Waals surface area (Å²) in [4.78, 5) is 15.9. The number of para-hydroxylation sites is 2. The maximum Gasteiger partial charge on any atom is 0.307 e. The van der Waals surface area contributed by atoms with Crippen LogP contribution in [-0.2, 0) is 9.53 Å². The molecule has 0 saturated carbocycles. The second kappa shape index (κ2) is 7.09. The summed E-state index contributed by atoms with van der Waals surface area (Å²) in [5.41, 5.74) is 2.90. The number of methoxy groups -OCH3 is 1. The monoisotopic (exact) mass is 316 g/mol. The van der Waals surface area contributed by atoms with E-state index in [9.17, 15) is 4.79 Å². The zero-order valence-corrected chi connectivity index (χ0v) is 13.0. The third kappa shape index (κ3) is 3.12. The Morgan fingerprint density at radius 2 is 1.59 bits per heavy atom. The molecule has 22 heavy (non-hydrogen) atoms. The van der Waals surface area contributed by atoms with Crippen LogP contribution in [0.15, 0.2) is 48.5 Å². The van der Waals surface area contributed by atoms with Crippen molar-refractivity contribution in [3.05, 3.63) is 48.5 Å². The Balaban J connectivity index is 0.00000176. The Hall–Kier alpha value is -2.33. The van der Waals surface area contributed by atoms with Gasteiger partial charge in [-0.1, -0.05) is 36.4 Å². The number of halogens is 1. The highest BCUT2D eigenvalue weighted by Crippen LogP contribution is 2.30. The Bertz CT molecular complexity index is 751. The number of carbonyl (C=O) groups is 1. The standard InChI is InChI=1S/C17H16N2O2.ClH/c1-21-16(20)10-11-18-17-12-6-2-4-8-14(12)19-15-9-5-3-7-13(15)17;/h2-9H,10-11H2,1H3,(H,18,19);1H. The average Bonchev–Trinajstić information content (AvgIpc) is 2.54. The van der Waals surface area contributed by atoms with Crippen LogP contribution in [0.25, 0.3) is 21.8 Å². The molecular formula is C17H17ClN2O2. The lowest BCUT2D eigenvalue weighted by Gasteiger charge is -2.12. The van der Waals surface area contributed by atoms with Crippen molar-refractivity contribution in [2.24, 2.45) is 0 Å². The fraction of sp³-hybridized carbons (Fsp3) is 0.176. The molecule has 4 nitrogen and oxygen atoms in total. The zero-order valence-electron chi connectivity index (χ0n) is 12.2. The van der Waals surface area contributed by atoms with Crippen LogP contribution in [0.1, 0.15) is 6.42 Å². The Morgan fingerprint density at radius 1 is 1.05 bits per heavy atom. The first kappa shape index (κ1) is 16.0. The number of benzene rings is 2. The molecule has 0 fully saturated rings. The van der Waals surface area contributed by atoms with Gasteiger partial charge in [-0.2, -0.15) is 0 Å². The van der Waals surface area contributed by atoms with Gasteiger partial charge in [-0.25, -0.2) is 4.98 Å².